The van der Waals surface area contributed by atoms with E-state index >= 15 is 0 Å². The van der Waals surface area contributed by atoms with Crippen molar-refractivity contribution in [1.29, 1.82) is 0 Å². The van der Waals surface area contributed by atoms with Gasteiger partial charge >= 0.3 is 0 Å². The van der Waals surface area contributed by atoms with E-state index < -0.39 is 0 Å². The van der Waals surface area contributed by atoms with Crippen LogP contribution in [-0.2, 0) is 0 Å². The molecule has 0 saturated carbocycles. The summed E-state index contributed by atoms with van der Waals surface area (Å²) in [6.07, 6.45) is 3.53. The van der Waals surface area contributed by atoms with Gasteiger partial charge in [0.15, 0.2) is 0 Å². The van der Waals surface area contributed by atoms with Gasteiger partial charge in [-0.2, -0.15) is 0 Å². The van der Waals surface area contributed by atoms with E-state index in [0.717, 1.165) is 35.1 Å². The smallest absolute Gasteiger partial charge is 0.0455 e. The standard InChI is InChI=1S/C15H22Cl2N2/c1-2-7-19-8-3-4-11(10-18)15(19)13-9-12(16)5-6-14(13)17/h5-6,9,11,15H,2-4,7-8,10,18H2,1H3. The summed E-state index contributed by atoms with van der Waals surface area (Å²) in [5, 5.41) is 1.55. The van der Waals surface area contributed by atoms with Gasteiger partial charge in [-0.3, -0.25) is 4.90 Å². The molecule has 1 saturated heterocycles. The van der Waals surface area contributed by atoms with Crippen LogP contribution in [0.1, 0.15) is 37.8 Å². The maximum absolute atomic E-state index is 6.39. The first-order chi connectivity index (χ1) is 9.17. The molecule has 1 fully saturated rings. The Morgan fingerprint density at radius 1 is 1.37 bits per heavy atom. The van der Waals surface area contributed by atoms with Crippen molar-refractivity contribution in [2.45, 2.75) is 32.2 Å². The molecule has 0 radical (unpaired) electrons. The van der Waals surface area contributed by atoms with E-state index in [2.05, 4.69) is 11.8 Å². The molecule has 2 N–H and O–H groups in total. The molecule has 19 heavy (non-hydrogen) atoms. The molecule has 0 amide bonds. The third kappa shape index (κ3) is 3.43. The largest absolute Gasteiger partial charge is 0.330 e. The highest BCUT2D eigenvalue weighted by Gasteiger charge is 2.32. The second kappa shape index (κ2) is 6.94. The molecule has 1 aromatic rings. The number of nitrogens with two attached hydrogens (primary N) is 1. The van der Waals surface area contributed by atoms with Gasteiger partial charge in [0, 0.05) is 16.1 Å². The molecule has 2 atom stereocenters. The van der Waals surface area contributed by atoms with Crippen molar-refractivity contribution in [2.24, 2.45) is 11.7 Å². The van der Waals surface area contributed by atoms with Gasteiger partial charge in [0.2, 0.25) is 0 Å². The van der Waals surface area contributed by atoms with Gasteiger partial charge in [0.05, 0.1) is 0 Å². The molecule has 0 aliphatic carbocycles. The van der Waals surface area contributed by atoms with E-state index in [1.54, 1.807) is 0 Å². The number of likely N-dealkylation sites (tertiary alicyclic amines) is 1. The van der Waals surface area contributed by atoms with Crippen molar-refractivity contribution in [3.8, 4) is 0 Å². The highest BCUT2D eigenvalue weighted by atomic mass is 35.5. The molecule has 0 bridgehead atoms. The van der Waals surface area contributed by atoms with Crippen LogP contribution in [0.3, 0.4) is 0 Å². The van der Waals surface area contributed by atoms with Crippen molar-refractivity contribution in [2.75, 3.05) is 19.6 Å². The Kier molecular flexibility index (Phi) is 5.52. The molecular weight excluding hydrogens is 279 g/mol. The Morgan fingerprint density at radius 2 is 2.16 bits per heavy atom. The number of halogens is 2. The summed E-state index contributed by atoms with van der Waals surface area (Å²) in [6, 6.07) is 6.05. The van der Waals surface area contributed by atoms with Crippen LogP contribution in [-0.4, -0.2) is 24.5 Å². The minimum atomic E-state index is 0.310. The molecule has 4 heteroatoms. The van der Waals surface area contributed by atoms with Crippen LogP contribution in [0.2, 0.25) is 10.0 Å². The fourth-order valence-corrected chi connectivity index (χ4v) is 3.54. The Bertz CT molecular complexity index is 421. The van der Waals surface area contributed by atoms with Crippen molar-refractivity contribution < 1.29 is 0 Å². The van der Waals surface area contributed by atoms with Crippen LogP contribution in [0.25, 0.3) is 0 Å². The van der Waals surface area contributed by atoms with Crippen LogP contribution in [0.4, 0.5) is 0 Å². The van der Waals surface area contributed by atoms with E-state index in [9.17, 15) is 0 Å². The van der Waals surface area contributed by atoms with E-state index in [-0.39, 0.29) is 0 Å². The number of hydrogen-bond acceptors (Lipinski definition) is 2. The van der Waals surface area contributed by atoms with Gasteiger partial charge in [0.25, 0.3) is 0 Å². The van der Waals surface area contributed by atoms with Crippen LogP contribution in [0, 0.1) is 5.92 Å². The zero-order valence-corrected chi connectivity index (χ0v) is 12.9. The van der Waals surface area contributed by atoms with Crippen LogP contribution >= 0.6 is 23.2 Å². The Morgan fingerprint density at radius 3 is 2.84 bits per heavy atom. The second-order valence-electron chi connectivity index (χ2n) is 5.28. The molecule has 0 spiro atoms. The first-order valence-corrected chi connectivity index (χ1v) is 7.82. The fourth-order valence-electron chi connectivity index (χ4n) is 3.13. The lowest BCUT2D eigenvalue weighted by atomic mass is 9.84. The van der Waals surface area contributed by atoms with E-state index in [1.165, 1.54) is 12.8 Å². The van der Waals surface area contributed by atoms with E-state index in [0.29, 0.717) is 18.5 Å². The summed E-state index contributed by atoms with van der Waals surface area (Å²) in [4.78, 5) is 2.51. The lowest BCUT2D eigenvalue weighted by Crippen LogP contribution is -2.42. The number of benzene rings is 1. The van der Waals surface area contributed by atoms with E-state index in [4.69, 9.17) is 28.9 Å². The van der Waals surface area contributed by atoms with Crippen LogP contribution in [0.15, 0.2) is 18.2 Å². The Hall–Kier alpha value is -0.280. The zero-order valence-electron chi connectivity index (χ0n) is 11.4. The van der Waals surface area contributed by atoms with Crippen molar-refractivity contribution in [3.05, 3.63) is 33.8 Å². The monoisotopic (exact) mass is 300 g/mol. The molecule has 0 aromatic heterocycles. The second-order valence-corrected chi connectivity index (χ2v) is 6.13. The van der Waals surface area contributed by atoms with Gasteiger partial charge in [0.1, 0.15) is 0 Å². The Labute approximate surface area is 125 Å². The van der Waals surface area contributed by atoms with Crippen molar-refractivity contribution in [3.63, 3.8) is 0 Å². The molecule has 1 aliphatic heterocycles. The zero-order chi connectivity index (χ0) is 13.8. The number of piperidine rings is 1. The summed E-state index contributed by atoms with van der Waals surface area (Å²) in [7, 11) is 0. The molecule has 106 valence electrons. The average Bonchev–Trinajstić information content (AvgIpc) is 2.42. The van der Waals surface area contributed by atoms with Crippen LogP contribution < -0.4 is 5.73 Å². The van der Waals surface area contributed by atoms with Crippen molar-refractivity contribution in [1.82, 2.24) is 4.90 Å². The lowest BCUT2D eigenvalue weighted by molar-refractivity contribution is 0.0961. The molecule has 2 rings (SSSR count). The highest BCUT2D eigenvalue weighted by Crippen LogP contribution is 2.39. The molecule has 1 aromatic carbocycles. The third-order valence-electron chi connectivity index (χ3n) is 3.95. The average molecular weight is 301 g/mol. The Balaban J connectivity index is 2.36. The van der Waals surface area contributed by atoms with E-state index in [1.807, 2.05) is 18.2 Å². The summed E-state index contributed by atoms with van der Waals surface area (Å²) < 4.78 is 0. The minimum Gasteiger partial charge on any atom is -0.330 e. The quantitative estimate of drug-likeness (QED) is 0.906. The van der Waals surface area contributed by atoms with Crippen LogP contribution in [0.5, 0.6) is 0 Å². The number of hydrogen-bond donors (Lipinski definition) is 1. The normalized spacial score (nSPS) is 24.6. The minimum absolute atomic E-state index is 0.310. The van der Waals surface area contributed by atoms with Gasteiger partial charge in [-0.25, -0.2) is 0 Å². The first-order valence-electron chi connectivity index (χ1n) is 7.06. The van der Waals surface area contributed by atoms with Crippen molar-refractivity contribution >= 4 is 23.2 Å². The SMILES string of the molecule is CCCN1CCCC(CN)C1c1cc(Cl)ccc1Cl. The molecule has 2 nitrogen and oxygen atoms in total. The summed E-state index contributed by atoms with van der Waals surface area (Å²) in [5.41, 5.74) is 7.11. The summed E-state index contributed by atoms with van der Waals surface area (Å²) in [6.45, 7) is 5.12. The molecule has 1 aliphatic rings. The molecule has 2 unspecified atom stereocenters. The number of nitrogens with zero attached hydrogens (tertiary/aromatic N) is 1. The topological polar surface area (TPSA) is 29.3 Å². The first kappa shape index (κ1) is 15.1. The predicted octanol–water partition coefficient (Wildman–Crippen LogP) is 4.12. The third-order valence-corrected chi connectivity index (χ3v) is 4.53. The van der Waals surface area contributed by atoms with Gasteiger partial charge in [-0.1, -0.05) is 30.1 Å². The van der Waals surface area contributed by atoms with Gasteiger partial charge in [-0.05, 0) is 68.6 Å². The molecule has 1 heterocycles. The van der Waals surface area contributed by atoms with Gasteiger partial charge in [-0.15, -0.1) is 0 Å². The van der Waals surface area contributed by atoms with Gasteiger partial charge < -0.3 is 5.73 Å². The fraction of sp³-hybridized carbons (Fsp3) is 0.600. The summed E-state index contributed by atoms with van der Waals surface area (Å²) >= 11 is 12.5. The summed E-state index contributed by atoms with van der Waals surface area (Å²) in [5.74, 6) is 0.469. The molecular formula is C15H22Cl2N2. The maximum Gasteiger partial charge on any atom is 0.0455 e. The maximum atomic E-state index is 6.39. The lowest BCUT2D eigenvalue weighted by Gasteiger charge is -2.41. The predicted molar refractivity (Wildman–Crippen MR) is 82.8 cm³/mol. The number of rotatable bonds is 4. The highest BCUT2D eigenvalue weighted by molar-refractivity contribution is 6.33.